The van der Waals surface area contributed by atoms with Gasteiger partial charge >= 0.3 is 12.4 Å². The monoisotopic (exact) mass is 248 g/mol. The van der Waals surface area contributed by atoms with Crippen LogP contribution in [0.25, 0.3) is 0 Å². The molecule has 0 bridgehead atoms. The van der Waals surface area contributed by atoms with E-state index in [1.165, 1.54) is 0 Å². The van der Waals surface area contributed by atoms with Crippen LogP contribution in [0.2, 0.25) is 0 Å². The molecule has 15 heavy (non-hydrogen) atoms. The molecule has 0 saturated heterocycles. The van der Waals surface area contributed by atoms with E-state index < -0.39 is 37.5 Å². The van der Waals surface area contributed by atoms with Gasteiger partial charge < -0.3 is 5.11 Å². The summed E-state index contributed by atoms with van der Waals surface area (Å²) in [7, 11) is 0. The normalized spacial score (nSPS) is 16.8. The highest BCUT2D eigenvalue weighted by atomic mass is 19.4. The third-order valence-corrected chi connectivity index (χ3v) is 1.53. The first kappa shape index (κ1) is 16.8. The first-order valence-corrected chi connectivity index (χ1v) is 3.47. The van der Waals surface area contributed by atoms with E-state index in [1.54, 1.807) is 0 Å². The smallest absolute Gasteiger partial charge is 0.396 e. The maximum Gasteiger partial charge on any atom is 0.419 e. The van der Waals surface area contributed by atoms with E-state index in [0.717, 1.165) is 0 Å². The van der Waals surface area contributed by atoms with Crippen LogP contribution < -0.4 is 0 Å². The highest BCUT2D eigenvalue weighted by Gasteiger charge is 2.47. The van der Waals surface area contributed by atoms with E-state index in [-0.39, 0.29) is 4.70 Å². The second-order valence-corrected chi connectivity index (χ2v) is 2.67. The summed E-state index contributed by atoms with van der Waals surface area (Å²) in [4.78, 5) is 0. The lowest BCUT2D eigenvalue weighted by molar-refractivity contribution is -0.218. The minimum Gasteiger partial charge on any atom is -0.396 e. The van der Waals surface area contributed by atoms with Crippen LogP contribution in [0, 0.1) is 5.92 Å². The summed E-state index contributed by atoms with van der Waals surface area (Å²) in [6, 6.07) is 0. The molecular weight excluding hydrogens is 240 g/mol. The van der Waals surface area contributed by atoms with Crippen molar-refractivity contribution in [2.75, 3.05) is 6.61 Å². The fraction of sp³-hybridized carbons (Fsp3) is 1.00. The highest BCUT2D eigenvalue weighted by Crippen LogP contribution is 2.34. The van der Waals surface area contributed by atoms with Gasteiger partial charge in [0.25, 0.3) is 0 Å². The van der Waals surface area contributed by atoms with Crippen LogP contribution in [0.3, 0.4) is 0 Å². The van der Waals surface area contributed by atoms with Crippen molar-refractivity contribution in [1.82, 2.24) is 0 Å². The van der Waals surface area contributed by atoms with E-state index >= 15 is 0 Å². The summed E-state index contributed by atoms with van der Waals surface area (Å²) in [6.45, 7) is -1.56. The van der Waals surface area contributed by atoms with Crippen molar-refractivity contribution >= 4 is 0 Å². The lowest BCUT2D eigenvalue weighted by Crippen LogP contribution is -2.34. The summed E-state index contributed by atoms with van der Waals surface area (Å²) >= 11 is 0. The van der Waals surface area contributed by atoms with Crippen LogP contribution in [-0.4, -0.2) is 30.2 Å². The van der Waals surface area contributed by atoms with Gasteiger partial charge in [0, 0.05) is 6.42 Å². The maximum atomic E-state index is 12.1. The molecule has 0 radical (unpaired) electrons. The van der Waals surface area contributed by atoms with Gasteiger partial charge in [-0.05, 0) is 0 Å². The Morgan fingerprint density at radius 3 is 1.53 bits per heavy atom. The van der Waals surface area contributed by atoms with Gasteiger partial charge in [0.2, 0.25) is 0 Å². The van der Waals surface area contributed by atoms with Crippen LogP contribution in [0.15, 0.2) is 0 Å². The average molecular weight is 248 g/mol. The Bertz CT molecular complexity index is 173. The zero-order valence-corrected chi connectivity index (χ0v) is 7.07. The molecule has 0 aliphatic carbocycles. The van der Waals surface area contributed by atoms with Gasteiger partial charge in [-0.3, -0.25) is 4.70 Å². The Kier molecular flexibility index (Phi) is 6.14. The molecule has 94 valence electrons. The first-order chi connectivity index (χ1) is 6.09. The molecule has 0 aromatic carbocycles. The Balaban J connectivity index is 0. The fourth-order valence-corrected chi connectivity index (χ4v) is 0.695. The van der Waals surface area contributed by atoms with Gasteiger partial charge in [-0.2, -0.15) is 26.3 Å². The summed E-state index contributed by atoms with van der Waals surface area (Å²) in [5.74, 6) is -2.68. The Hall–Kier alpha value is -0.600. The highest BCUT2D eigenvalue weighted by molar-refractivity contribution is 4.75. The van der Waals surface area contributed by atoms with Gasteiger partial charge in [-0.15, -0.1) is 0 Å². The van der Waals surface area contributed by atoms with Gasteiger partial charge in [-0.25, -0.2) is 4.39 Å². The van der Waals surface area contributed by atoms with Crippen molar-refractivity contribution in [1.29, 1.82) is 0 Å². The van der Waals surface area contributed by atoms with Crippen LogP contribution in [0.1, 0.15) is 6.42 Å². The Labute approximate surface area is 79.2 Å². The van der Waals surface area contributed by atoms with Crippen molar-refractivity contribution in [2.45, 2.75) is 24.9 Å². The molecule has 2 atom stereocenters. The number of aliphatic hydroxyl groups excluding tert-OH is 1. The van der Waals surface area contributed by atoms with E-state index in [4.69, 9.17) is 5.11 Å². The van der Waals surface area contributed by atoms with Crippen molar-refractivity contribution in [3.8, 4) is 0 Å². The number of hydrogen-bond acceptors (Lipinski definition) is 1. The Morgan fingerprint density at radius 1 is 0.933 bits per heavy atom. The largest absolute Gasteiger partial charge is 0.419 e. The van der Waals surface area contributed by atoms with E-state index in [0.29, 0.717) is 0 Å². The minimum absolute atomic E-state index is 0. The van der Waals surface area contributed by atoms with Crippen molar-refractivity contribution in [2.24, 2.45) is 5.92 Å². The number of halogens is 8. The molecule has 0 aliphatic rings. The van der Waals surface area contributed by atoms with Crippen LogP contribution in [0.5, 0.6) is 0 Å². The molecule has 0 rings (SSSR count). The average Bonchev–Trinajstić information content (AvgIpc) is 1.95. The molecule has 0 aromatic heterocycles. The third kappa shape index (κ3) is 5.75. The number of aliphatic hydroxyl groups is 1. The van der Waals surface area contributed by atoms with Crippen LogP contribution in [0.4, 0.5) is 35.4 Å². The predicted molar refractivity (Wildman–Crippen MR) is 34.7 cm³/mol. The molecule has 0 heterocycles. The standard InChI is InChI=1S/C6H7F7O.FH/c7-4(6(11,12)13)1-3(2-14)5(8,9)10;/h3-4,14H,1-2H2;1H. The molecular formula is C6H8F8O. The fourth-order valence-electron chi connectivity index (χ4n) is 0.695. The van der Waals surface area contributed by atoms with E-state index in [2.05, 4.69) is 0 Å². The van der Waals surface area contributed by atoms with Crippen molar-refractivity contribution in [3.63, 3.8) is 0 Å². The van der Waals surface area contributed by atoms with E-state index in [1.807, 2.05) is 0 Å². The maximum absolute atomic E-state index is 12.1. The van der Waals surface area contributed by atoms with Crippen molar-refractivity contribution < 1.29 is 40.5 Å². The minimum atomic E-state index is -5.32. The lowest BCUT2D eigenvalue weighted by atomic mass is 10.0. The van der Waals surface area contributed by atoms with Crippen LogP contribution >= 0.6 is 0 Å². The molecule has 0 aromatic rings. The van der Waals surface area contributed by atoms with Crippen molar-refractivity contribution in [3.05, 3.63) is 0 Å². The van der Waals surface area contributed by atoms with Gasteiger partial charge in [0.1, 0.15) is 0 Å². The lowest BCUT2D eigenvalue weighted by Gasteiger charge is -2.20. The van der Waals surface area contributed by atoms with Gasteiger partial charge in [0.15, 0.2) is 6.17 Å². The molecule has 1 N–H and O–H groups in total. The quantitative estimate of drug-likeness (QED) is 0.761. The molecule has 0 fully saturated rings. The van der Waals surface area contributed by atoms with Gasteiger partial charge in [0.05, 0.1) is 12.5 Å². The number of rotatable bonds is 3. The topological polar surface area (TPSA) is 20.2 Å². The molecule has 0 spiro atoms. The van der Waals surface area contributed by atoms with Gasteiger partial charge in [-0.1, -0.05) is 0 Å². The summed E-state index contributed by atoms with van der Waals surface area (Å²) in [6.07, 6.45) is -15.7. The Morgan fingerprint density at radius 2 is 1.33 bits per heavy atom. The first-order valence-electron chi connectivity index (χ1n) is 3.47. The molecule has 2 unspecified atom stereocenters. The number of alkyl halides is 7. The van der Waals surface area contributed by atoms with E-state index in [9.17, 15) is 30.7 Å². The zero-order chi connectivity index (χ0) is 11.6. The molecule has 0 saturated carbocycles. The molecule has 0 amide bonds. The summed E-state index contributed by atoms with van der Waals surface area (Å²) in [5.41, 5.74) is 0. The SMILES string of the molecule is F.OCC(CC(F)C(F)(F)F)C(F)(F)F. The molecule has 9 heteroatoms. The summed E-state index contributed by atoms with van der Waals surface area (Å²) in [5, 5.41) is 8.12. The second kappa shape index (κ2) is 5.47. The van der Waals surface area contributed by atoms with Crippen LogP contribution in [-0.2, 0) is 0 Å². The molecule has 0 aliphatic heterocycles. The summed E-state index contributed by atoms with van der Waals surface area (Å²) < 4.78 is 82.0. The zero-order valence-electron chi connectivity index (χ0n) is 7.07. The predicted octanol–water partition coefficient (Wildman–Crippen LogP) is 2.60. The third-order valence-electron chi connectivity index (χ3n) is 1.53. The molecule has 1 nitrogen and oxygen atoms in total. The number of hydrogen-bond donors (Lipinski definition) is 1. The second-order valence-electron chi connectivity index (χ2n) is 2.67.